The normalized spacial score (nSPS) is 12.6. The molecule has 0 aliphatic rings. The summed E-state index contributed by atoms with van der Waals surface area (Å²) < 4.78 is 0. The largest absolute Gasteiger partial charge is 0.251 e. The number of rotatable bonds is 31. The molecular formula is C48H76N2. The molecule has 0 atom stereocenters. The molecular weight excluding hydrogens is 605 g/mol. The van der Waals surface area contributed by atoms with Gasteiger partial charge < -0.3 is 0 Å². The zero-order valence-corrected chi connectivity index (χ0v) is 33.2. The van der Waals surface area contributed by atoms with E-state index in [2.05, 4.69) is 101 Å². The average molecular weight is 681 g/mol. The Labute approximate surface area is 310 Å². The molecule has 0 fully saturated rings. The molecule has 0 saturated carbocycles. The quantitative estimate of drug-likeness (QED) is 0.0430. The molecule has 2 aromatic rings. The van der Waals surface area contributed by atoms with Crippen LogP contribution in [0.1, 0.15) is 193 Å². The highest BCUT2D eigenvalue weighted by Crippen LogP contribution is 2.26. The van der Waals surface area contributed by atoms with Gasteiger partial charge in [-0.25, -0.2) is 0 Å². The minimum Gasteiger partial charge on any atom is -0.251 e. The maximum Gasteiger partial charge on any atom is 0.0665 e. The molecule has 0 aliphatic carbocycles. The number of nitrogens with zero attached hydrogens (tertiary/aromatic N) is 2. The molecule has 2 nitrogen and oxygen atoms in total. The van der Waals surface area contributed by atoms with Gasteiger partial charge in [0.2, 0.25) is 0 Å². The van der Waals surface area contributed by atoms with Gasteiger partial charge >= 0.3 is 0 Å². The predicted octanol–water partition coefficient (Wildman–Crippen LogP) is 16.2. The van der Waals surface area contributed by atoms with E-state index in [1.165, 1.54) is 125 Å². The van der Waals surface area contributed by atoms with Gasteiger partial charge in [0.05, 0.1) is 22.8 Å². The molecule has 2 rings (SSSR count). The maximum atomic E-state index is 5.44. The van der Waals surface area contributed by atoms with Crippen molar-refractivity contribution in [1.82, 2.24) is 0 Å². The molecule has 278 valence electrons. The van der Waals surface area contributed by atoms with E-state index < -0.39 is 0 Å². The summed E-state index contributed by atoms with van der Waals surface area (Å²) in [6, 6.07) is 17.7. The predicted molar refractivity (Wildman–Crippen MR) is 226 cm³/mol. The van der Waals surface area contributed by atoms with Gasteiger partial charge in [0, 0.05) is 0 Å². The van der Waals surface area contributed by atoms with E-state index in [0.717, 1.165) is 75.6 Å². The summed E-state index contributed by atoms with van der Waals surface area (Å²) in [5, 5.41) is 0. The van der Waals surface area contributed by atoms with Crippen LogP contribution in [0.15, 0.2) is 82.8 Å². The molecule has 2 aromatic carbocycles. The van der Waals surface area contributed by atoms with E-state index in [1.807, 2.05) is 0 Å². The summed E-state index contributed by atoms with van der Waals surface area (Å²) in [6.07, 6.45) is 41.9. The molecule has 0 heterocycles. The van der Waals surface area contributed by atoms with Gasteiger partial charge in [0.25, 0.3) is 0 Å². The first-order valence-electron chi connectivity index (χ1n) is 21.3. The van der Waals surface area contributed by atoms with Crippen LogP contribution in [0, 0.1) is 0 Å². The summed E-state index contributed by atoms with van der Waals surface area (Å²) in [5.41, 5.74) is 7.40. The fourth-order valence-corrected chi connectivity index (χ4v) is 6.55. The highest BCUT2D eigenvalue weighted by molar-refractivity contribution is 6.43. The molecule has 0 unspecified atom stereocenters. The number of hydrogen-bond acceptors (Lipinski definition) is 2. The van der Waals surface area contributed by atoms with Gasteiger partial charge in [0.1, 0.15) is 0 Å². The second-order valence-corrected chi connectivity index (χ2v) is 14.4. The molecule has 50 heavy (non-hydrogen) atoms. The van der Waals surface area contributed by atoms with Crippen LogP contribution in [0.4, 0.5) is 11.4 Å². The van der Waals surface area contributed by atoms with Crippen LogP contribution in [0.3, 0.4) is 0 Å². The van der Waals surface area contributed by atoms with Crippen molar-refractivity contribution in [3.05, 3.63) is 84.0 Å². The van der Waals surface area contributed by atoms with Crippen LogP contribution in [0.25, 0.3) is 0 Å². The van der Waals surface area contributed by atoms with Crippen LogP contribution in [-0.4, -0.2) is 11.4 Å². The number of aliphatic imine (C=N–C) groups is 2. The lowest BCUT2D eigenvalue weighted by Gasteiger charge is -2.14. The third-order valence-electron chi connectivity index (χ3n) is 9.78. The first-order chi connectivity index (χ1) is 24.7. The van der Waals surface area contributed by atoms with Crippen molar-refractivity contribution in [3.8, 4) is 0 Å². The zero-order chi connectivity index (χ0) is 35.7. The van der Waals surface area contributed by atoms with Crippen LogP contribution < -0.4 is 0 Å². The SMILES string of the molecule is CCCCCCCCC=CCCCc1ccccc1N=C(CCCC)C(CCCC)=Nc1ccccc1CCCC=CCCCCCCCC. The maximum absolute atomic E-state index is 5.44. The molecule has 0 spiro atoms. The van der Waals surface area contributed by atoms with Gasteiger partial charge in [-0.05, 0) is 113 Å². The topological polar surface area (TPSA) is 24.7 Å². The molecule has 0 aliphatic heterocycles. The van der Waals surface area contributed by atoms with Crippen molar-refractivity contribution in [3.63, 3.8) is 0 Å². The Morgan fingerprint density at radius 1 is 0.400 bits per heavy atom. The van der Waals surface area contributed by atoms with E-state index in [4.69, 9.17) is 9.98 Å². The summed E-state index contributed by atoms with van der Waals surface area (Å²) in [5.74, 6) is 0. The Hall–Kier alpha value is -2.74. The van der Waals surface area contributed by atoms with Crippen LogP contribution in [0.2, 0.25) is 0 Å². The highest BCUT2D eigenvalue weighted by Gasteiger charge is 2.13. The van der Waals surface area contributed by atoms with E-state index >= 15 is 0 Å². The van der Waals surface area contributed by atoms with Crippen molar-refractivity contribution in [2.24, 2.45) is 9.98 Å². The Kier molecular flexibility index (Phi) is 27.0. The number of allylic oxidation sites excluding steroid dienone is 4. The third kappa shape index (κ3) is 20.8. The van der Waals surface area contributed by atoms with E-state index in [1.54, 1.807) is 0 Å². The highest BCUT2D eigenvalue weighted by atomic mass is 14.8. The zero-order valence-electron chi connectivity index (χ0n) is 33.2. The molecule has 2 heteroatoms. The number of unbranched alkanes of at least 4 members (excludes halogenated alkanes) is 16. The Morgan fingerprint density at radius 3 is 1.14 bits per heavy atom. The average Bonchev–Trinajstić information content (AvgIpc) is 3.14. The number of benzene rings is 2. The van der Waals surface area contributed by atoms with Gasteiger partial charge in [-0.1, -0.05) is 165 Å². The van der Waals surface area contributed by atoms with Gasteiger partial charge in [-0.2, -0.15) is 0 Å². The van der Waals surface area contributed by atoms with Crippen molar-refractivity contribution >= 4 is 22.8 Å². The van der Waals surface area contributed by atoms with Crippen LogP contribution >= 0.6 is 0 Å². The van der Waals surface area contributed by atoms with E-state index in [0.29, 0.717) is 0 Å². The molecule has 0 aromatic heterocycles. The first-order valence-corrected chi connectivity index (χ1v) is 21.3. The molecule has 0 saturated heterocycles. The summed E-state index contributed by atoms with van der Waals surface area (Å²) in [7, 11) is 0. The molecule has 0 amide bonds. The van der Waals surface area contributed by atoms with Gasteiger partial charge in [-0.3, -0.25) is 9.98 Å². The Morgan fingerprint density at radius 2 is 0.740 bits per heavy atom. The standard InChI is InChI=1S/C48H76N2/c1-5-9-13-15-17-19-21-23-25-27-29-35-43-37-31-33-41-45(43)49-47(39-11-7-3)48(40-12-8-4)50-46-42-34-32-38-44(46)36-30-28-26-24-22-20-18-16-14-10-6-2/h23-26,31-34,37-38,41-42H,5-22,27-30,35-36,39-40H2,1-4H3. The lowest BCUT2D eigenvalue weighted by Crippen LogP contribution is -2.14. The lowest BCUT2D eigenvalue weighted by molar-refractivity contribution is 0.611. The van der Waals surface area contributed by atoms with Crippen molar-refractivity contribution < 1.29 is 0 Å². The van der Waals surface area contributed by atoms with Gasteiger partial charge in [-0.15, -0.1) is 0 Å². The second kappa shape index (κ2) is 31.0. The third-order valence-corrected chi connectivity index (χ3v) is 9.78. The van der Waals surface area contributed by atoms with Crippen molar-refractivity contribution in [2.75, 3.05) is 0 Å². The summed E-state index contributed by atoms with van der Waals surface area (Å²) in [6.45, 7) is 9.15. The fourth-order valence-electron chi connectivity index (χ4n) is 6.55. The van der Waals surface area contributed by atoms with E-state index in [-0.39, 0.29) is 0 Å². The number of hydrogen-bond donors (Lipinski definition) is 0. The summed E-state index contributed by atoms with van der Waals surface area (Å²) in [4.78, 5) is 10.9. The Bertz CT molecular complexity index is 1120. The molecule has 0 radical (unpaired) electrons. The minimum absolute atomic E-state index is 0.986. The number of para-hydroxylation sites is 2. The number of aryl methyl sites for hydroxylation is 2. The smallest absolute Gasteiger partial charge is 0.0665 e. The van der Waals surface area contributed by atoms with Crippen LogP contribution in [-0.2, 0) is 12.8 Å². The van der Waals surface area contributed by atoms with Crippen molar-refractivity contribution in [2.45, 2.75) is 195 Å². The minimum atomic E-state index is 0.986. The molecule has 0 bridgehead atoms. The lowest BCUT2D eigenvalue weighted by atomic mass is 10.0. The monoisotopic (exact) mass is 681 g/mol. The second-order valence-electron chi connectivity index (χ2n) is 14.4. The van der Waals surface area contributed by atoms with Crippen molar-refractivity contribution in [1.29, 1.82) is 0 Å². The van der Waals surface area contributed by atoms with Crippen LogP contribution in [0.5, 0.6) is 0 Å². The first kappa shape index (κ1) is 43.4. The summed E-state index contributed by atoms with van der Waals surface area (Å²) >= 11 is 0. The molecule has 0 N–H and O–H groups in total. The Balaban J connectivity index is 2.08. The van der Waals surface area contributed by atoms with E-state index in [9.17, 15) is 0 Å². The fraction of sp³-hybridized carbons (Fsp3) is 0.625. The van der Waals surface area contributed by atoms with Gasteiger partial charge in [0.15, 0.2) is 0 Å².